The monoisotopic (exact) mass is 178 g/mol. The van der Waals surface area contributed by atoms with E-state index in [1.165, 1.54) is 38.5 Å². The van der Waals surface area contributed by atoms with Gasteiger partial charge in [0.2, 0.25) is 0 Å². The van der Waals surface area contributed by atoms with E-state index in [2.05, 4.69) is 31.4 Å². The Morgan fingerprint density at radius 3 is 2.31 bits per heavy atom. The van der Waals surface area contributed by atoms with E-state index >= 15 is 0 Å². The second kappa shape index (κ2) is 11.3. The molecule has 0 saturated heterocycles. The lowest BCUT2D eigenvalue weighted by Gasteiger charge is -1.92. The van der Waals surface area contributed by atoms with Crippen LogP contribution in [-0.2, 0) is 0 Å². The number of unbranched alkanes of at least 4 members (excludes halogenated alkanes) is 5. The third-order valence-corrected chi connectivity index (χ3v) is 2.00. The van der Waals surface area contributed by atoms with Crippen molar-refractivity contribution in [3.63, 3.8) is 0 Å². The maximum Gasteiger partial charge on any atom is -0.0272 e. The first-order valence-corrected chi connectivity index (χ1v) is 5.41. The van der Waals surface area contributed by atoms with Crippen molar-refractivity contribution in [1.29, 1.82) is 0 Å². The van der Waals surface area contributed by atoms with Gasteiger partial charge in [-0.15, -0.1) is 5.73 Å². The van der Waals surface area contributed by atoms with Crippen LogP contribution < -0.4 is 0 Å². The highest BCUT2D eigenvalue weighted by Crippen LogP contribution is 2.02. The zero-order valence-electron chi connectivity index (χ0n) is 8.89. The fourth-order valence-corrected chi connectivity index (χ4v) is 1.19. The lowest BCUT2D eigenvalue weighted by Crippen LogP contribution is -1.72. The minimum absolute atomic E-state index is 1.11. The topological polar surface area (TPSA) is 0 Å². The number of hydrogen-bond acceptors (Lipinski definition) is 0. The summed E-state index contributed by atoms with van der Waals surface area (Å²) in [7, 11) is 0. The van der Waals surface area contributed by atoms with E-state index in [0.29, 0.717) is 0 Å². The van der Waals surface area contributed by atoms with E-state index in [0.717, 1.165) is 6.42 Å². The zero-order chi connectivity index (χ0) is 9.78. The van der Waals surface area contributed by atoms with Gasteiger partial charge in [-0.25, -0.2) is 0 Å². The second-order valence-electron chi connectivity index (χ2n) is 3.31. The van der Waals surface area contributed by atoms with E-state index in [-0.39, 0.29) is 0 Å². The highest BCUT2D eigenvalue weighted by molar-refractivity contribution is 4.83. The molecule has 0 heteroatoms. The molecule has 0 N–H and O–H groups in total. The molecule has 0 unspecified atom stereocenters. The summed E-state index contributed by atoms with van der Waals surface area (Å²) >= 11 is 0. The van der Waals surface area contributed by atoms with Crippen molar-refractivity contribution in [2.24, 2.45) is 0 Å². The molecule has 0 heterocycles. The van der Waals surface area contributed by atoms with Crippen molar-refractivity contribution in [2.45, 2.75) is 51.9 Å². The maximum absolute atomic E-state index is 3.53. The van der Waals surface area contributed by atoms with Gasteiger partial charge >= 0.3 is 0 Å². The molecule has 0 fully saturated rings. The first-order chi connectivity index (χ1) is 6.41. The summed E-state index contributed by atoms with van der Waals surface area (Å²) in [6.07, 6.45) is 15.4. The average molecular weight is 178 g/mol. The van der Waals surface area contributed by atoms with Gasteiger partial charge in [0.15, 0.2) is 0 Å². The third kappa shape index (κ3) is 11.3. The van der Waals surface area contributed by atoms with E-state index in [9.17, 15) is 0 Å². The molecule has 0 aromatic rings. The molecule has 0 aliphatic carbocycles. The lowest BCUT2D eigenvalue weighted by molar-refractivity contribution is 0.727. The van der Waals surface area contributed by atoms with Crippen molar-refractivity contribution in [1.82, 2.24) is 0 Å². The van der Waals surface area contributed by atoms with Gasteiger partial charge in [-0.1, -0.05) is 38.5 Å². The van der Waals surface area contributed by atoms with Crippen molar-refractivity contribution < 1.29 is 0 Å². The normalized spacial score (nSPS) is 10.2. The molecule has 0 spiro atoms. The van der Waals surface area contributed by atoms with Gasteiger partial charge in [0, 0.05) is 0 Å². The smallest absolute Gasteiger partial charge is 0.0272 e. The Kier molecular flexibility index (Phi) is 10.6. The Hall–Kier alpha value is -0.740. The van der Waals surface area contributed by atoms with Crippen LogP contribution in [0.25, 0.3) is 0 Å². The molecule has 13 heavy (non-hydrogen) atoms. The predicted octanol–water partition coefficient (Wildman–Crippen LogP) is 4.63. The summed E-state index contributed by atoms with van der Waals surface area (Å²) in [4.78, 5) is 0. The first kappa shape index (κ1) is 12.3. The molecule has 0 rings (SSSR count). The minimum atomic E-state index is 1.11. The Labute approximate surface area is 83.0 Å². The van der Waals surface area contributed by atoms with Gasteiger partial charge in [0.25, 0.3) is 0 Å². The summed E-state index contributed by atoms with van der Waals surface area (Å²) in [5.41, 5.74) is 2.79. The van der Waals surface area contributed by atoms with Gasteiger partial charge in [0.05, 0.1) is 0 Å². The van der Waals surface area contributed by atoms with Crippen molar-refractivity contribution in [3.8, 4) is 0 Å². The van der Waals surface area contributed by atoms with Crippen molar-refractivity contribution >= 4 is 0 Å². The summed E-state index contributed by atoms with van der Waals surface area (Å²) in [6.45, 7) is 5.77. The van der Waals surface area contributed by atoms with Crippen molar-refractivity contribution in [2.75, 3.05) is 0 Å². The summed E-state index contributed by atoms with van der Waals surface area (Å²) in [5, 5.41) is 0. The Morgan fingerprint density at radius 1 is 1.00 bits per heavy atom. The van der Waals surface area contributed by atoms with Crippen LogP contribution in [0.3, 0.4) is 0 Å². The molecule has 0 radical (unpaired) electrons. The minimum Gasteiger partial charge on any atom is -0.133 e. The molecule has 0 aliphatic heterocycles. The van der Waals surface area contributed by atoms with Gasteiger partial charge in [-0.3, -0.25) is 0 Å². The number of hydrogen-bond donors (Lipinski definition) is 0. The molecule has 0 aromatic heterocycles. The van der Waals surface area contributed by atoms with Gasteiger partial charge in [0.1, 0.15) is 0 Å². The number of rotatable bonds is 8. The summed E-state index contributed by atoms with van der Waals surface area (Å²) in [6, 6.07) is 0. The van der Waals surface area contributed by atoms with Crippen LogP contribution in [0, 0.1) is 0 Å². The van der Waals surface area contributed by atoms with Gasteiger partial charge in [-0.05, 0) is 38.2 Å². The Morgan fingerprint density at radius 2 is 1.69 bits per heavy atom. The van der Waals surface area contributed by atoms with Crippen LogP contribution in [0.1, 0.15) is 51.9 Å². The second-order valence-corrected chi connectivity index (χ2v) is 3.31. The molecule has 0 bridgehead atoms. The third-order valence-electron chi connectivity index (χ3n) is 2.00. The highest BCUT2D eigenvalue weighted by Gasteiger charge is 1.82. The van der Waals surface area contributed by atoms with Gasteiger partial charge in [-0.2, -0.15) is 0 Å². The predicted molar refractivity (Wildman–Crippen MR) is 60.8 cm³/mol. The standard InChI is InChI=1S/C13H22/c1-3-5-7-9-11-13-12-10-8-6-4-2/h5,12-13H,1,4,6-11H2,2H3. The fraction of sp³-hybridized carbons (Fsp3) is 0.615. The average Bonchev–Trinajstić information content (AvgIpc) is 2.16. The van der Waals surface area contributed by atoms with E-state index in [1.54, 1.807) is 0 Å². The number of allylic oxidation sites excluding steroid dienone is 3. The van der Waals surface area contributed by atoms with E-state index in [1.807, 2.05) is 6.08 Å². The molecule has 0 amide bonds. The molecule has 0 nitrogen and oxygen atoms in total. The molecular formula is C13H22. The molecule has 0 aliphatic rings. The van der Waals surface area contributed by atoms with Crippen LogP contribution in [0.5, 0.6) is 0 Å². The molecule has 0 aromatic carbocycles. The largest absolute Gasteiger partial charge is 0.133 e. The molecule has 74 valence electrons. The fourth-order valence-electron chi connectivity index (χ4n) is 1.19. The van der Waals surface area contributed by atoms with Crippen molar-refractivity contribution in [3.05, 3.63) is 30.5 Å². The Balaban J connectivity index is 3.07. The quantitative estimate of drug-likeness (QED) is 0.289. The van der Waals surface area contributed by atoms with Crippen LogP contribution in [-0.4, -0.2) is 0 Å². The summed E-state index contributed by atoms with van der Waals surface area (Å²) < 4.78 is 0. The lowest BCUT2D eigenvalue weighted by atomic mass is 10.1. The SMILES string of the molecule is C=C=CCCCC=CCCCCC. The zero-order valence-corrected chi connectivity index (χ0v) is 8.89. The molecular weight excluding hydrogens is 156 g/mol. The van der Waals surface area contributed by atoms with Crippen LogP contribution in [0.2, 0.25) is 0 Å². The molecule has 0 saturated carbocycles. The van der Waals surface area contributed by atoms with E-state index in [4.69, 9.17) is 0 Å². The maximum atomic E-state index is 3.53. The van der Waals surface area contributed by atoms with Gasteiger partial charge < -0.3 is 0 Å². The highest BCUT2D eigenvalue weighted by atomic mass is 13.9. The Bertz CT molecular complexity index is 159. The van der Waals surface area contributed by atoms with Crippen LogP contribution >= 0.6 is 0 Å². The van der Waals surface area contributed by atoms with Crippen LogP contribution in [0.4, 0.5) is 0 Å². The summed E-state index contributed by atoms with van der Waals surface area (Å²) in [5.74, 6) is 0. The van der Waals surface area contributed by atoms with Crippen LogP contribution in [0.15, 0.2) is 30.5 Å². The molecule has 0 atom stereocenters. The first-order valence-electron chi connectivity index (χ1n) is 5.41. The van der Waals surface area contributed by atoms with E-state index < -0.39 is 0 Å².